The molecule has 0 radical (unpaired) electrons. The number of halogens is 2. The minimum atomic E-state index is -0.941. The van der Waals surface area contributed by atoms with Gasteiger partial charge in [0.2, 0.25) is 0 Å². The van der Waals surface area contributed by atoms with E-state index in [9.17, 15) is 15.3 Å². The zero-order valence-electron chi connectivity index (χ0n) is 17.4. The first kappa shape index (κ1) is 22.1. The molecule has 0 aliphatic carbocycles. The number of aliphatic hydroxyl groups is 2. The van der Waals surface area contributed by atoms with Crippen LogP contribution in [-0.2, 0) is 0 Å². The Morgan fingerprint density at radius 1 is 1.27 bits per heavy atom. The zero-order valence-corrected chi connectivity index (χ0v) is 19.0. The number of phenols is 1. The number of aromatic hydroxyl groups is 1. The topological polar surface area (TPSA) is 88.9 Å². The molecule has 6 nitrogen and oxygen atoms in total. The molecule has 0 saturated carbocycles. The lowest BCUT2D eigenvalue weighted by Gasteiger charge is -2.50. The normalized spacial score (nSPS) is 16.2. The van der Waals surface area contributed by atoms with Gasteiger partial charge in [-0.1, -0.05) is 42.4 Å². The molecule has 170 valence electrons. The highest BCUT2D eigenvalue weighted by molar-refractivity contribution is 7.11. The number of aromatic nitrogens is 1. The van der Waals surface area contributed by atoms with Crippen LogP contribution in [0.4, 0.5) is 9.39 Å². The Kier molecular flexibility index (Phi) is 5.50. The van der Waals surface area contributed by atoms with E-state index in [1.54, 1.807) is 12.1 Å². The SMILES string of the molecule is C=CC(O)NC1(CO)CN(c2snc3c(F)c(-c4cc(O)cc5ccccc45)c(Cl)cc23)C1. The molecular weight excluding hydrogens is 465 g/mol. The molecule has 0 spiro atoms. The quantitative estimate of drug-likeness (QED) is 0.241. The predicted octanol–water partition coefficient (Wildman–Crippen LogP) is 4.26. The molecule has 1 fully saturated rings. The van der Waals surface area contributed by atoms with Crippen LogP contribution in [0.2, 0.25) is 5.02 Å². The van der Waals surface area contributed by atoms with Crippen molar-refractivity contribution in [1.29, 1.82) is 0 Å². The molecule has 33 heavy (non-hydrogen) atoms. The van der Waals surface area contributed by atoms with Crippen molar-refractivity contribution < 1.29 is 19.7 Å². The second-order valence-corrected chi connectivity index (χ2v) is 9.42. The number of rotatable bonds is 6. The first-order chi connectivity index (χ1) is 15.9. The van der Waals surface area contributed by atoms with Crippen LogP contribution in [0, 0.1) is 5.82 Å². The van der Waals surface area contributed by atoms with Gasteiger partial charge in [0.1, 0.15) is 22.5 Å². The maximum Gasteiger partial charge on any atom is 0.159 e. The van der Waals surface area contributed by atoms with E-state index in [4.69, 9.17) is 11.6 Å². The minimum absolute atomic E-state index is 0.0216. The lowest BCUT2D eigenvalue weighted by molar-refractivity contribution is 0.0670. The van der Waals surface area contributed by atoms with Crippen LogP contribution in [0.25, 0.3) is 32.8 Å². The van der Waals surface area contributed by atoms with Gasteiger partial charge in [0.15, 0.2) is 5.82 Å². The second kappa shape index (κ2) is 8.23. The summed E-state index contributed by atoms with van der Waals surface area (Å²) < 4.78 is 20.1. The summed E-state index contributed by atoms with van der Waals surface area (Å²) in [6, 6.07) is 12.2. The Morgan fingerprint density at radius 3 is 2.76 bits per heavy atom. The van der Waals surface area contributed by atoms with Crippen molar-refractivity contribution in [3.8, 4) is 16.9 Å². The van der Waals surface area contributed by atoms with Gasteiger partial charge < -0.3 is 20.2 Å². The summed E-state index contributed by atoms with van der Waals surface area (Å²) in [6.45, 7) is 4.18. The highest BCUT2D eigenvalue weighted by Crippen LogP contribution is 2.45. The Morgan fingerprint density at radius 2 is 2.03 bits per heavy atom. The molecule has 4 aromatic rings. The van der Waals surface area contributed by atoms with Crippen LogP contribution in [-0.4, -0.2) is 51.2 Å². The number of nitrogens with zero attached hydrogens (tertiary/aromatic N) is 2. The first-order valence-electron chi connectivity index (χ1n) is 10.3. The number of nitrogens with one attached hydrogen (secondary N) is 1. The number of hydrogen-bond acceptors (Lipinski definition) is 7. The van der Waals surface area contributed by atoms with Crippen molar-refractivity contribution in [2.24, 2.45) is 0 Å². The summed E-state index contributed by atoms with van der Waals surface area (Å²) in [6.07, 6.45) is 0.410. The molecule has 9 heteroatoms. The van der Waals surface area contributed by atoms with Gasteiger partial charge in [-0.05, 0) is 52.1 Å². The molecule has 0 bridgehead atoms. The summed E-state index contributed by atoms with van der Waals surface area (Å²) >= 11 is 7.75. The lowest BCUT2D eigenvalue weighted by atomic mass is 9.90. The molecule has 0 amide bonds. The van der Waals surface area contributed by atoms with E-state index >= 15 is 4.39 Å². The number of anilines is 1. The minimum Gasteiger partial charge on any atom is -0.508 e. The monoisotopic (exact) mass is 485 g/mol. The number of phenolic OH excluding ortho intramolecular Hbond substituents is 1. The van der Waals surface area contributed by atoms with Gasteiger partial charge in [0.25, 0.3) is 0 Å². The third kappa shape index (κ3) is 3.64. The second-order valence-electron chi connectivity index (χ2n) is 8.27. The van der Waals surface area contributed by atoms with E-state index in [0.717, 1.165) is 27.3 Å². The fourth-order valence-electron chi connectivity index (χ4n) is 4.41. The van der Waals surface area contributed by atoms with Crippen LogP contribution in [0.1, 0.15) is 0 Å². The average molecular weight is 486 g/mol. The van der Waals surface area contributed by atoms with Gasteiger partial charge in [0.05, 0.1) is 17.2 Å². The van der Waals surface area contributed by atoms with Crippen molar-refractivity contribution in [1.82, 2.24) is 9.69 Å². The molecule has 5 rings (SSSR count). The molecule has 1 unspecified atom stereocenters. The van der Waals surface area contributed by atoms with E-state index in [1.165, 1.54) is 12.1 Å². The van der Waals surface area contributed by atoms with E-state index in [1.807, 2.05) is 29.2 Å². The van der Waals surface area contributed by atoms with Crippen LogP contribution < -0.4 is 10.2 Å². The Labute approximate surface area is 198 Å². The zero-order chi connectivity index (χ0) is 23.3. The molecule has 1 saturated heterocycles. The highest BCUT2D eigenvalue weighted by atomic mass is 35.5. The van der Waals surface area contributed by atoms with Gasteiger partial charge >= 0.3 is 0 Å². The number of hydrogen-bond donors (Lipinski definition) is 4. The summed E-state index contributed by atoms with van der Waals surface area (Å²) in [5.41, 5.74) is 0.196. The predicted molar refractivity (Wildman–Crippen MR) is 131 cm³/mol. The van der Waals surface area contributed by atoms with E-state index in [-0.39, 0.29) is 28.5 Å². The van der Waals surface area contributed by atoms with Gasteiger partial charge in [-0.15, -0.1) is 0 Å². The molecule has 3 aromatic carbocycles. The molecule has 4 N–H and O–H groups in total. The van der Waals surface area contributed by atoms with E-state index in [2.05, 4.69) is 16.3 Å². The van der Waals surface area contributed by atoms with Gasteiger partial charge in [0, 0.05) is 24.0 Å². The largest absolute Gasteiger partial charge is 0.508 e. The third-order valence-corrected chi connectivity index (χ3v) is 7.24. The summed E-state index contributed by atoms with van der Waals surface area (Å²) in [5, 5.41) is 35.9. The maximum absolute atomic E-state index is 15.8. The molecule has 1 atom stereocenters. The van der Waals surface area contributed by atoms with E-state index in [0.29, 0.717) is 24.0 Å². The fourth-order valence-corrected chi connectivity index (χ4v) is 5.56. The van der Waals surface area contributed by atoms with Crippen molar-refractivity contribution in [3.05, 3.63) is 66.0 Å². The molecular formula is C24H21ClFN3O3S. The molecule has 2 heterocycles. The van der Waals surface area contributed by atoms with Crippen molar-refractivity contribution >= 4 is 49.8 Å². The van der Waals surface area contributed by atoms with Gasteiger partial charge in [-0.3, -0.25) is 5.32 Å². The Balaban J connectivity index is 1.56. The van der Waals surface area contributed by atoms with Crippen LogP contribution in [0.3, 0.4) is 0 Å². The number of aliphatic hydroxyl groups excluding tert-OH is 2. The summed E-state index contributed by atoms with van der Waals surface area (Å²) in [5.74, 6) is -0.529. The van der Waals surface area contributed by atoms with Crippen molar-refractivity contribution in [3.63, 3.8) is 0 Å². The Bertz CT molecular complexity index is 1390. The van der Waals surface area contributed by atoms with Crippen LogP contribution in [0.5, 0.6) is 5.75 Å². The van der Waals surface area contributed by atoms with Crippen molar-refractivity contribution in [2.75, 3.05) is 24.6 Å². The van der Waals surface area contributed by atoms with Crippen LogP contribution in [0.15, 0.2) is 55.1 Å². The number of fused-ring (bicyclic) bond motifs is 2. The first-order valence-corrected chi connectivity index (χ1v) is 11.4. The third-order valence-electron chi connectivity index (χ3n) is 6.02. The average Bonchev–Trinajstić information content (AvgIpc) is 3.19. The van der Waals surface area contributed by atoms with E-state index < -0.39 is 17.6 Å². The lowest BCUT2D eigenvalue weighted by Crippen LogP contribution is -2.72. The molecule has 1 aromatic heterocycles. The smallest absolute Gasteiger partial charge is 0.159 e. The summed E-state index contributed by atoms with van der Waals surface area (Å²) in [4.78, 5) is 1.96. The molecule has 1 aliphatic rings. The number of benzene rings is 3. The highest BCUT2D eigenvalue weighted by Gasteiger charge is 2.44. The van der Waals surface area contributed by atoms with Crippen molar-refractivity contribution in [2.45, 2.75) is 11.8 Å². The van der Waals surface area contributed by atoms with Crippen LogP contribution >= 0.6 is 23.1 Å². The fraction of sp³-hybridized carbons (Fsp3) is 0.208. The van der Waals surface area contributed by atoms with Gasteiger partial charge in [-0.25, -0.2) is 4.39 Å². The molecule has 1 aliphatic heterocycles. The standard InChI is InChI=1S/C24H21ClFN3O3S/c1-2-19(32)27-24(12-30)10-29(11-24)23-17-9-18(25)20(21(26)22(17)28-33-23)16-8-14(31)7-13-5-3-4-6-15(13)16/h2-9,19,27,30-32H,1,10-12H2. The Hall–Kier alpha value is -2.75. The summed E-state index contributed by atoms with van der Waals surface area (Å²) in [7, 11) is 0. The van der Waals surface area contributed by atoms with Gasteiger partial charge in [-0.2, -0.15) is 4.37 Å². The maximum atomic E-state index is 15.8.